The average Bonchev–Trinajstić information content (AvgIpc) is 2.99. The smallest absolute Gasteiger partial charge is 0.264 e. The molecule has 4 rings (SSSR count). The van der Waals surface area contributed by atoms with E-state index in [2.05, 4.69) is 5.32 Å². The highest BCUT2D eigenvalue weighted by molar-refractivity contribution is 7.92. The van der Waals surface area contributed by atoms with E-state index < -0.39 is 34.3 Å². The molecule has 0 heterocycles. The third kappa shape index (κ3) is 8.08. The van der Waals surface area contributed by atoms with Crippen molar-refractivity contribution in [2.75, 3.05) is 10.8 Å². The van der Waals surface area contributed by atoms with Crippen LogP contribution in [0.4, 0.5) is 10.1 Å². The van der Waals surface area contributed by atoms with Gasteiger partial charge in [0.2, 0.25) is 11.8 Å². The molecule has 4 aromatic rings. The summed E-state index contributed by atoms with van der Waals surface area (Å²) < 4.78 is 42.6. The Morgan fingerprint density at radius 1 is 0.814 bits per heavy atom. The summed E-state index contributed by atoms with van der Waals surface area (Å²) >= 11 is 0. The Morgan fingerprint density at radius 2 is 1.40 bits per heavy atom. The number of halogens is 1. The van der Waals surface area contributed by atoms with Gasteiger partial charge in [-0.3, -0.25) is 13.9 Å². The summed E-state index contributed by atoms with van der Waals surface area (Å²) in [4.78, 5) is 29.5. The first-order valence-corrected chi connectivity index (χ1v) is 15.5. The van der Waals surface area contributed by atoms with Gasteiger partial charge in [-0.15, -0.1) is 0 Å². The van der Waals surface area contributed by atoms with Crippen molar-refractivity contribution in [1.29, 1.82) is 0 Å². The quantitative estimate of drug-likeness (QED) is 0.233. The lowest BCUT2D eigenvalue weighted by Crippen LogP contribution is -2.54. The molecule has 0 aliphatic heterocycles. The Kier molecular flexibility index (Phi) is 10.3. The SMILES string of the molecule is Cc1ccccc1CN(C(=O)CN(c1ccc(F)cc1)S(=O)(=O)c1ccccc1)C(Cc1ccccc1)C(=O)NC(C)C. The van der Waals surface area contributed by atoms with Crippen molar-refractivity contribution in [2.24, 2.45) is 0 Å². The molecule has 0 fully saturated rings. The Labute approximate surface area is 253 Å². The summed E-state index contributed by atoms with van der Waals surface area (Å²) in [6, 6.07) is 28.5. The third-order valence-electron chi connectivity index (χ3n) is 7.03. The molecule has 4 aromatic carbocycles. The van der Waals surface area contributed by atoms with E-state index >= 15 is 0 Å². The highest BCUT2D eigenvalue weighted by Gasteiger charge is 2.35. The van der Waals surface area contributed by atoms with Gasteiger partial charge in [0.25, 0.3) is 10.0 Å². The average molecular weight is 602 g/mol. The van der Waals surface area contributed by atoms with E-state index in [4.69, 9.17) is 0 Å². The third-order valence-corrected chi connectivity index (χ3v) is 8.82. The minimum absolute atomic E-state index is 0.0176. The number of aryl methyl sites for hydroxylation is 1. The van der Waals surface area contributed by atoms with E-state index in [0.717, 1.165) is 33.1 Å². The summed E-state index contributed by atoms with van der Waals surface area (Å²) in [7, 11) is -4.24. The van der Waals surface area contributed by atoms with Crippen LogP contribution in [0.15, 0.2) is 114 Å². The Balaban J connectivity index is 1.80. The number of rotatable bonds is 12. The molecule has 0 spiro atoms. The van der Waals surface area contributed by atoms with Crippen LogP contribution in [0, 0.1) is 12.7 Å². The lowest BCUT2D eigenvalue weighted by Gasteiger charge is -2.34. The molecule has 0 aliphatic carbocycles. The number of sulfonamides is 1. The minimum Gasteiger partial charge on any atom is -0.352 e. The van der Waals surface area contributed by atoms with Gasteiger partial charge in [0.1, 0.15) is 18.4 Å². The molecular weight excluding hydrogens is 565 g/mol. The number of hydrogen-bond acceptors (Lipinski definition) is 4. The zero-order chi connectivity index (χ0) is 31.0. The van der Waals surface area contributed by atoms with Crippen LogP contribution in [-0.2, 0) is 32.6 Å². The molecule has 224 valence electrons. The Hall–Kier alpha value is -4.50. The van der Waals surface area contributed by atoms with Crippen LogP contribution < -0.4 is 9.62 Å². The number of carbonyl (C=O) groups excluding carboxylic acids is 2. The predicted octanol–water partition coefficient (Wildman–Crippen LogP) is 5.49. The van der Waals surface area contributed by atoms with Crippen molar-refractivity contribution in [3.63, 3.8) is 0 Å². The topological polar surface area (TPSA) is 86.8 Å². The second kappa shape index (κ2) is 14.1. The normalized spacial score (nSPS) is 12.0. The molecule has 0 saturated heterocycles. The molecule has 2 amide bonds. The number of nitrogens with one attached hydrogen (secondary N) is 1. The first-order chi connectivity index (χ1) is 20.6. The van der Waals surface area contributed by atoms with Crippen LogP contribution in [0.2, 0.25) is 0 Å². The summed E-state index contributed by atoms with van der Waals surface area (Å²) in [5.41, 5.74) is 2.72. The number of benzene rings is 4. The highest BCUT2D eigenvalue weighted by atomic mass is 32.2. The van der Waals surface area contributed by atoms with Crippen molar-refractivity contribution < 1.29 is 22.4 Å². The Bertz CT molecular complexity index is 1630. The summed E-state index contributed by atoms with van der Waals surface area (Å²) in [6.45, 7) is 5.08. The van der Waals surface area contributed by atoms with E-state index in [1.807, 2.05) is 75.4 Å². The lowest BCUT2D eigenvalue weighted by molar-refractivity contribution is -0.140. The van der Waals surface area contributed by atoms with Gasteiger partial charge in [-0.25, -0.2) is 12.8 Å². The van der Waals surface area contributed by atoms with Gasteiger partial charge in [0.05, 0.1) is 10.6 Å². The largest absolute Gasteiger partial charge is 0.352 e. The van der Waals surface area contributed by atoms with E-state index in [1.54, 1.807) is 18.2 Å². The van der Waals surface area contributed by atoms with Crippen molar-refractivity contribution >= 4 is 27.5 Å². The van der Waals surface area contributed by atoms with E-state index in [1.165, 1.54) is 29.2 Å². The van der Waals surface area contributed by atoms with Crippen LogP contribution in [0.3, 0.4) is 0 Å². The second-order valence-electron chi connectivity index (χ2n) is 10.6. The maximum Gasteiger partial charge on any atom is 0.264 e. The first kappa shape index (κ1) is 31.4. The van der Waals surface area contributed by atoms with Gasteiger partial charge in [0, 0.05) is 19.0 Å². The highest BCUT2D eigenvalue weighted by Crippen LogP contribution is 2.25. The van der Waals surface area contributed by atoms with Crippen molar-refractivity contribution in [3.05, 3.63) is 132 Å². The fourth-order valence-electron chi connectivity index (χ4n) is 4.76. The van der Waals surface area contributed by atoms with Crippen LogP contribution in [0.5, 0.6) is 0 Å². The number of amides is 2. The molecule has 9 heteroatoms. The summed E-state index contributed by atoms with van der Waals surface area (Å²) in [5.74, 6) is -1.46. The second-order valence-corrected chi connectivity index (χ2v) is 12.5. The van der Waals surface area contributed by atoms with Crippen LogP contribution in [0.25, 0.3) is 0 Å². The maximum absolute atomic E-state index is 14.4. The summed E-state index contributed by atoms with van der Waals surface area (Å²) in [6.07, 6.45) is 0.221. The van der Waals surface area contributed by atoms with E-state index in [0.29, 0.717) is 0 Å². The molecule has 1 atom stereocenters. The van der Waals surface area contributed by atoms with Gasteiger partial charge in [-0.1, -0.05) is 72.8 Å². The van der Waals surface area contributed by atoms with Gasteiger partial charge < -0.3 is 10.2 Å². The van der Waals surface area contributed by atoms with Crippen LogP contribution >= 0.6 is 0 Å². The molecule has 0 radical (unpaired) electrons. The molecule has 7 nitrogen and oxygen atoms in total. The van der Waals surface area contributed by atoms with Gasteiger partial charge in [0.15, 0.2) is 0 Å². The molecule has 43 heavy (non-hydrogen) atoms. The fraction of sp³-hybridized carbons (Fsp3) is 0.235. The van der Waals surface area contributed by atoms with Crippen molar-refractivity contribution in [2.45, 2.75) is 50.7 Å². The monoisotopic (exact) mass is 601 g/mol. The number of nitrogens with zero attached hydrogens (tertiary/aromatic N) is 2. The van der Waals surface area contributed by atoms with Crippen LogP contribution in [-0.4, -0.2) is 43.8 Å². The zero-order valence-electron chi connectivity index (χ0n) is 24.5. The van der Waals surface area contributed by atoms with Gasteiger partial charge in [-0.05, 0) is 73.9 Å². The fourth-order valence-corrected chi connectivity index (χ4v) is 6.20. The number of hydrogen-bond donors (Lipinski definition) is 1. The van der Waals surface area contributed by atoms with Crippen molar-refractivity contribution in [1.82, 2.24) is 10.2 Å². The van der Waals surface area contributed by atoms with Crippen LogP contribution in [0.1, 0.15) is 30.5 Å². The molecule has 0 saturated carbocycles. The first-order valence-electron chi connectivity index (χ1n) is 14.1. The predicted molar refractivity (Wildman–Crippen MR) is 166 cm³/mol. The molecular formula is C34H36FN3O4S. The molecule has 1 unspecified atom stereocenters. The zero-order valence-corrected chi connectivity index (χ0v) is 25.3. The minimum atomic E-state index is -4.24. The number of carbonyl (C=O) groups is 2. The maximum atomic E-state index is 14.4. The molecule has 0 bridgehead atoms. The van der Waals surface area contributed by atoms with Crippen molar-refractivity contribution in [3.8, 4) is 0 Å². The molecule has 0 aliphatic rings. The molecule has 0 aromatic heterocycles. The van der Waals surface area contributed by atoms with E-state index in [-0.39, 0.29) is 35.5 Å². The molecule has 1 N–H and O–H groups in total. The van der Waals surface area contributed by atoms with E-state index in [9.17, 15) is 22.4 Å². The standard InChI is InChI=1S/C34H36FN3O4S/c1-25(2)36-34(40)32(22-27-13-6-4-7-14-27)37(23-28-15-11-10-12-26(28)3)33(39)24-38(30-20-18-29(35)19-21-30)43(41,42)31-16-8-5-9-17-31/h4-21,25,32H,22-24H2,1-3H3,(H,36,40). The summed E-state index contributed by atoms with van der Waals surface area (Å²) in [5, 5.41) is 2.94. The van der Waals surface area contributed by atoms with Gasteiger partial charge in [-0.2, -0.15) is 0 Å². The Morgan fingerprint density at radius 3 is 2.00 bits per heavy atom. The lowest BCUT2D eigenvalue weighted by atomic mass is 10.0. The number of anilines is 1. The van der Waals surface area contributed by atoms with Gasteiger partial charge >= 0.3 is 0 Å².